The summed E-state index contributed by atoms with van der Waals surface area (Å²) >= 11 is 1.72. The lowest BCUT2D eigenvalue weighted by atomic mass is 9.78. The zero-order valence-electron chi connectivity index (χ0n) is 9.82. The van der Waals surface area contributed by atoms with Crippen molar-refractivity contribution in [1.82, 2.24) is 0 Å². The second kappa shape index (κ2) is 4.74. The molecule has 0 aromatic heterocycles. The molecule has 88 valence electrons. The van der Waals surface area contributed by atoms with Crippen molar-refractivity contribution in [3.05, 3.63) is 0 Å². The van der Waals surface area contributed by atoms with Gasteiger partial charge < -0.3 is 9.84 Å². The average molecular weight is 232 g/mol. The van der Waals surface area contributed by atoms with E-state index >= 15 is 0 Å². The van der Waals surface area contributed by atoms with E-state index in [4.69, 9.17) is 4.74 Å². The Morgan fingerprint density at radius 1 is 1.60 bits per heavy atom. The normalized spacial score (nSPS) is 33.1. The van der Waals surface area contributed by atoms with Crippen LogP contribution in [-0.4, -0.2) is 34.8 Å². The monoisotopic (exact) mass is 232 g/mol. The third kappa shape index (κ3) is 2.67. The molecule has 0 spiro atoms. The minimum Gasteiger partial charge on any atom is -0.469 e. The summed E-state index contributed by atoms with van der Waals surface area (Å²) in [6, 6.07) is 0. The lowest BCUT2D eigenvalue weighted by molar-refractivity contribution is -0.157. The molecule has 0 aromatic carbocycles. The van der Waals surface area contributed by atoms with Gasteiger partial charge in [0.2, 0.25) is 0 Å². The van der Waals surface area contributed by atoms with Crippen LogP contribution in [0.15, 0.2) is 0 Å². The molecule has 1 fully saturated rings. The Labute approximate surface area is 95.6 Å². The van der Waals surface area contributed by atoms with E-state index in [1.54, 1.807) is 11.8 Å². The van der Waals surface area contributed by atoms with Crippen LogP contribution in [0, 0.1) is 11.8 Å². The summed E-state index contributed by atoms with van der Waals surface area (Å²) in [5.74, 6) is 0.0436. The van der Waals surface area contributed by atoms with Crippen LogP contribution in [0.1, 0.15) is 27.2 Å². The van der Waals surface area contributed by atoms with Gasteiger partial charge in [0.25, 0.3) is 0 Å². The van der Waals surface area contributed by atoms with Crippen LogP contribution < -0.4 is 0 Å². The molecule has 0 amide bonds. The van der Waals surface area contributed by atoms with Gasteiger partial charge in [-0.15, -0.1) is 0 Å². The fraction of sp³-hybridized carbons (Fsp3) is 0.909. The van der Waals surface area contributed by atoms with Crippen molar-refractivity contribution in [3.8, 4) is 0 Å². The first-order chi connectivity index (χ1) is 6.90. The molecule has 15 heavy (non-hydrogen) atoms. The van der Waals surface area contributed by atoms with Crippen LogP contribution >= 0.6 is 11.8 Å². The largest absolute Gasteiger partial charge is 0.469 e. The third-order valence-corrected chi connectivity index (χ3v) is 4.36. The smallest absolute Gasteiger partial charge is 0.311 e. The van der Waals surface area contributed by atoms with Crippen molar-refractivity contribution in [3.63, 3.8) is 0 Å². The predicted octanol–water partition coefficient (Wildman–Crippen LogP) is 1.69. The highest BCUT2D eigenvalue weighted by Crippen LogP contribution is 2.42. The lowest BCUT2D eigenvalue weighted by Crippen LogP contribution is -2.46. The second-order valence-electron chi connectivity index (χ2n) is 4.67. The molecule has 0 aromatic rings. The molecule has 1 aliphatic heterocycles. The third-order valence-electron chi connectivity index (χ3n) is 2.96. The second-order valence-corrected chi connectivity index (χ2v) is 6.10. The first-order valence-electron chi connectivity index (χ1n) is 5.32. The van der Waals surface area contributed by atoms with Gasteiger partial charge >= 0.3 is 5.97 Å². The predicted molar refractivity (Wildman–Crippen MR) is 61.8 cm³/mol. The highest BCUT2D eigenvalue weighted by atomic mass is 32.2. The first kappa shape index (κ1) is 12.8. The highest BCUT2D eigenvalue weighted by molar-refractivity contribution is 8.00. The SMILES string of the molecule is COC(=O)C(C(C)C)C1(O)CSC(C)C1. The molecule has 4 heteroatoms. The minimum absolute atomic E-state index is 0.105. The lowest BCUT2D eigenvalue weighted by Gasteiger charge is -2.32. The van der Waals surface area contributed by atoms with Crippen LogP contribution in [0.5, 0.6) is 0 Å². The van der Waals surface area contributed by atoms with Crippen molar-refractivity contribution in [2.24, 2.45) is 11.8 Å². The summed E-state index contributed by atoms with van der Waals surface area (Å²) < 4.78 is 4.78. The van der Waals surface area contributed by atoms with Crippen LogP contribution in [-0.2, 0) is 9.53 Å². The fourth-order valence-electron chi connectivity index (χ4n) is 2.36. The summed E-state index contributed by atoms with van der Waals surface area (Å²) in [6.45, 7) is 5.98. The average Bonchev–Trinajstić information content (AvgIpc) is 2.45. The van der Waals surface area contributed by atoms with Gasteiger partial charge in [-0.25, -0.2) is 0 Å². The van der Waals surface area contributed by atoms with Gasteiger partial charge in [0.1, 0.15) is 0 Å². The Balaban J connectivity index is 2.84. The molecule has 0 bridgehead atoms. The maximum Gasteiger partial charge on any atom is 0.311 e. The van der Waals surface area contributed by atoms with E-state index in [0.29, 0.717) is 17.4 Å². The Morgan fingerprint density at radius 2 is 2.20 bits per heavy atom. The number of carbonyl (C=O) groups is 1. The number of esters is 1. The van der Waals surface area contributed by atoms with Crippen molar-refractivity contribution in [2.45, 2.75) is 38.0 Å². The number of thioether (sulfide) groups is 1. The van der Waals surface area contributed by atoms with Crippen LogP contribution in [0.4, 0.5) is 0 Å². The van der Waals surface area contributed by atoms with Crippen molar-refractivity contribution in [1.29, 1.82) is 0 Å². The van der Waals surface area contributed by atoms with E-state index in [1.165, 1.54) is 7.11 Å². The number of methoxy groups -OCH3 is 1. The minimum atomic E-state index is -0.884. The fourth-order valence-corrected chi connectivity index (χ4v) is 3.63. The number of carbonyl (C=O) groups excluding carboxylic acids is 1. The quantitative estimate of drug-likeness (QED) is 0.752. The maximum absolute atomic E-state index is 11.7. The standard InChI is InChI=1S/C11H20O3S/c1-7(2)9(10(12)14-4)11(13)5-8(3)15-6-11/h7-9,13H,5-6H2,1-4H3. The van der Waals surface area contributed by atoms with Crippen LogP contribution in [0.3, 0.4) is 0 Å². The van der Waals surface area contributed by atoms with Gasteiger partial charge in [0.05, 0.1) is 18.6 Å². The van der Waals surface area contributed by atoms with Gasteiger partial charge in [0.15, 0.2) is 0 Å². The Kier molecular flexibility index (Phi) is 4.06. The van der Waals surface area contributed by atoms with E-state index in [2.05, 4.69) is 6.92 Å². The van der Waals surface area contributed by atoms with E-state index in [1.807, 2.05) is 13.8 Å². The number of aliphatic hydroxyl groups is 1. The molecule has 1 aliphatic rings. The summed E-state index contributed by atoms with van der Waals surface area (Å²) in [7, 11) is 1.38. The molecule has 0 saturated carbocycles. The molecule has 1 saturated heterocycles. The van der Waals surface area contributed by atoms with E-state index in [9.17, 15) is 9.90 Å². The molecule has 0 radical (unpaired) electrons. The van der Waals surface area contributed by atoms with Gasteiger partial charge in [0, 0.05) is 11.0 Å². The molecule has 1 heterocycles. The summed E-state index contributed by atoms with van der Waals surface area (Å²) in [4.78, 5) is 11.7. The number of hydrogen-bond acceptors (Lipinski definition) is 4. The van der Waals surface area contributed by atoms with Gasteiger partial charge in [-0.05, 0) is 12.3 Å². The van der Waals surface area contributed by atoms with Gasteiger partial charge in [-0.2, -0.15) is 11.8 Å². The molecule has 1 rings (SSSR count). The van der Waals surface area contributed by atoms with Crippen molar-refractivity contribution < 1.29 is 14.6 Å². The molecule has 3 nitrogen and oxygen atoms in total. The van der Waals surface area contributed by atoms with E-state index in [0.717, 1.165) is 0 Å². The van der Waals surface area contributed by atoms with E-state index < -0.39 is 11.5 Å². The molecular formula is C11H20O3S. The Hall–Kier alpha value is -0.220. The van der Waals surface area contributed by atoms with Gasteiger partial charge in [-0.3, -0.25) is 4.79 Å². The van der Waals surface area contributed by atoms with Crippen molar-refractivity contribution >= 4 is 17.7 Å². The molecule has 1 N–H and O–H groups in total. The van der Waals surface area contributed by atoms with E-state index in [-0.39, 0.29) is 11.9 Å². The summed E-state index contributed by atoms with van der Waals surface area (Å²) in [5.41, 5.74) is -0.884. The number of hydrogen-bond donors (Lipinski definition) is 1. The van der Waals surface area contributed by atoms with Crippen LogP contribution in [0.25, 0.3) is 0 Å². The molecular weight excluding hydrogens is 212 g/mol. The summed E-state index contributed by atoms with van der Waals surface area (Å²) in [6.07, 6.45) is 0.676. The van der Waals surface area contributed by atoms with Crippen LogP contribution in [0.2, 0.25) is 0 Å². The number of ether oxygens (including phenoxy) is 1. The van der Waals surface area contributed by atoms with Crippen molar-refractivity contribution in [2.75, 3.05) is 12.9 Å². The summed E-state index contributed by atoms with van der Waals surface area (Å²) in [5, 5.41) is 10.9. The zero-order chi connectivity index (χ0) is 11.6. The Morgan fingerprint density at radius 3 is 2.53 bits per heavy atom. The molecule has 3 atom stereocenters. The first-order valence-corrected chi connectivity index (χ1v) is 6.37. The maximum atomic E-state index is 11.7. The van der Waals surface area contributed by atoms with Gasteiger partial charge in [-0.1, -0.05) is 20.8 Å². The highest BCUT2D eigenvalue weighted by Gasteiger charge is 2.48. The number of rotatable bonds is 3. The Bertz CT molecular complexity index is 242. The zero-order valence-corrected chi connectivity index (χ0v) is 10.6. The molecule has 0 aliphatic carbocycles. The molecule has 3 unspecified atom stereocenters. The topological polar surface area (TPSA) is 46.5 Å².